The molecule has 0 amide bonds. The van der Waals surface area contributed by atoms with E-state index >= 15 is 0 Å². The van der Waals surface area contributed by atoms with Gasteiger partial charge in [0.2, 0.25) is 0 Å². The van der Waals surface area contributed by atoms with Gasteiger partial charge in [0.1, 0.15) is 17.4 Å². The molecule has 0 atom stereocenters. The molecule has 0 unspecified atom stereocenters. The number of hydrogen-bond donors (Lipinski definition) is 1. The van der Waals surface area contributed by atoms with E-state index in [4.69, 9.17) is 15.7 Å². The van der Waals surface area contributed by atoms with Crippen molar-refractivity contribution < 1.29 is 4.74 Å². The van der Waals surface area contributed by atoms with Crippen LogP contribution in [0.2, 0.25) is 0 Å². The van der Waals surface area contributed by atoms with E-state index in [1.807, 2.05) is 18.2 Å². The number of nitrogen functional groups attached to an aromatic ring is 1. The van der Waals surface area contributed by atoms with Crippen LogP contribution in [0.25, 0.3) is 10.2 Å². The number of hydrogen-bond acceptors (Lipinski definition) is 5. The smallest absolute Gasteiger partial charge is 0.140 e. The summed E-state index contributed by atoms with van der Waals surface area (Å²) in [6, 6.07) is 14.8. The highest BCUT2D eigenvalue weighted by Gasteiger charge is 2.05. The molecule has 4 nitrogen and oxygen atoms in total. The summed E-state index contributed by atoms with van der Waals surface area (Å²) in [6.07, 6.45) is 0. The van der Waals surface area contributed by atoms with E-state index in [0.29, 0.717) is 17.9 Å². The third-order valence-electron chi connectivity index (χ3n) is 2.80. The fourth-order valence-corrected chi connectivity index (χ4v) is 2.69. The van der Waals surface area contributed by atoms with Crippen molar-refractivity contribution in [2.45, 2.75) is 6.61 Å². The van der Waals surface area contributed by atoms with Gasteiger partial charge in [-0.1, -0.05) is 0 Å². The molecule has 0 fully saturated rings. The van der Waals surface area contributed by atoms with Crippen LogP contribution in [0.15, 0.2) is 42.5 Å². The Morgan fingerprint density at radius 2 is 2.00 bits per heavy atom. The molecule has 1 heterocycles. The predicted octanol–water partition coefficient (Wildman–Crippen LogP) is 3.33. The maximum Gasteiger partial charge on any atom is 0.140 e. The SMILES string of the molecule is N#Cc1ccc(OCc2nc3cc(N)ccc3s2)cc1. The fourth-order valence-electron chi connectivity index (χ4n) is 1.82. The number of nitrogens with zero attached hydrogens (tertiary/aromatic N) is 2. The molecule has 0 bridgehead atoms. The Balaban J connectivity index is 1.74. The summed E-state index contributed by atoms with van der Waals surface area (Å²) < 4.78 is 6.75. The van der Waals surface area contributed by atoms with Gasteiger partial charge in [0.25, 0.3) is 0 Å². The highest BCUT2D eigenvalue weighted by atomic mass is 32.1. The van der Waals surface area contributed by atoms with Crippen LogP contribution in [0, 0.1) is 11.3 Å². The van der Waals surface area contributed by atoms with E-state index in [9.17, 15) is 0 Å². The van der Waals surface area contributed by atoms with E-state index in [2.05, 4.69) is 11.1 Å². The first-order valence-electron chi connectivity index (χ1n) is 6.02. The molecule has 0 aliphatic heterocycles. The van der Waals surface area contributed by atoms with E-state index in [-0.39, 0.29) is 0 Å². The van der Waals surface area contributed by atoms with E-state index < -0.39 is 0 Å². The molecule has 2 aromatic carbocycles. The molecular weight excluding hydrogens is 270 g/mol. The lowest BCUT2D eigenvalue weighted by Gasteiger charge is -2.03. The van der Waals surface area contributed by atoms with Crippen LogP contribution in [0.4, 0.5) is 5.69 Å². The summed E-state index contributed by atoms with van der Waals surface area (Å²) in [5, 5.41) is 9.63. The number of ether oxygens (including phenoxy) is 1. The van der Waals surface area contributed by atoms with Crippen molar-refractivity contribution >= 4 is 27.2 Å². The lowest BCUT2D eigenvalue weighted by atomic mass is 10.2. The molecule has 3 aromatic rings. The first-order chi connectivity index (χ1) is 9.74. The Hall–Kier alpha value is -2.58. The van der Waals surface area contributed by atoms with Crippen LogP contribution in [0.1, 0.15) is 10.6 Å². The number of anilines is 1. The zero-order valence-corrected chi connectivity index (χ0v) is 11.4. The lowest BCUT2D eigenvalue weighted by Crippen LogP contribution is -1.94. The molecule has 0 saturated heterocycles. The predicted molar refractivity (Wildman–Crippen MR) is 79.5 cm³/mol. The third kappa shape index (κ3) is 2.56. The van der Waals surface area contributed by atoms with Crippen LogP contribution < -0.4 is 10.5 Å². The van der Waals surface area contributed by atoms with E-state index in [0.717, 1.165) is 21.0 Å². The van der Waals surface area contributed by atoms with Gasteiger partial charge in [-0.05, 0) is 42.5 Å². The van der Waals surface area contributed by atoms with Crippen molar-refractivity contribution in [3.05, 3.63) is 53.0 Å². The van der Waals surface area contributed by atoms with E-state index in [1.165, 1.54) is 0 Å². The molecule has 0 radical (unpaired) electrons. The van der Waals surface area contributed by atoms with Gasteiger partial charge in [-0.25, -0.2) is 4.98 Å². The van der Waals surface area contributed by atoms with Gasteiger partial charge in [-0.2, -0.15) is 5.26 Å². The van der Waals surface area contributed by atoms with Gasteiger partial charge in [-0.3, -0.25) is 0 Å². The summed E-state index contributed by atoms with van der Waals surface area (Å²) in [4.78, 5) is 4.48. The average Bonchev–Trinajstić information content (AvgIpc) is 2.87. The molecule has 0 spiro atoms. The van der Waals surface area contributed by atoms with Crippen LogP contribution >= 0.6 is 11.3 Å². The van der Waals surface area contributed by atoms with Crippen molar-refractivity contribution in [2.24, 2.45) is 0 Å². The number of rotatable bonds is 3. The summed E-state index contributed by atoms with van der Waals surface area (Å²) in [7, 11) is 0. The van der Waals surface area contributed by atoms with Crippen molar-refractivity contribution in [3.8, 4) is 11.8 Å². The summed E-state index contributed by atoms with van der Waals surface area (Å²) in [5.74, 6) is 0.725. The fraction of sp³-hybridized carbons (Fsp3) is 0.0667. The first-order valence-corrected chi connectivity index (χ1v) is 6.84. The van der Waals surface area contributed by atoms with Gasteiger partial charge >= 0.3 is 0 Å². The van der Waals surface area contributed by atoms with Gasteiger partial charge in [0, 0.05) is 5.69 Å². The largest absolute Gasteiger partial charge is 0.486 e. The van der Waals surface area contributed by atoms with E-state index in [1.54, 1.807) is 35.6 Å². The summed E-state index contributed by atoms with van der Waals surface area (Å²) in [6.45, 7) is 0.408. The molecule has 1 aromatic heterocycles. The number of thiazole rings is 1. The molecule has 0 aliphatic rings. The normalized spacial score (nSPS) is 10.3. The number of aromatic nitrogens is 1. The molecule has 0 saturated carbocycles. The first kappa shape index (κ1) is 12.5. The quantitative estimate of drug-likeness (QED) is 0.747. The molecule has 5 heteroatoms. The second-order valence-corrected chi connectivity index (χ2v) is 5.37. The van der Waals surface area contributed by atoms with Crippen molar-refractivity contribution in [2.75, 3.05) is 5.73 Å². The van der Waals surface area contributed by atoms with Crippen LogP contribution in [0.3, 0.4) is 0 Å². The van der Waals surface area contributed by atoms with Crippen molar-refractivity contribution in [1.29, 1.82) is 5.26 Å². The molecule has 2 N–H and O–H groups in total. The number of nitriles is 1. The van der Waals surface area contributed by atoms with Crippen LogP contribution in [-0.2, 0) is 6.61 Å². The van der Waals surface area contributed by atoms with Gasteiger partial charge in [0.05, 0.1) is 21.8 Å². The number of fused-ring (bicyclic) bond motifs is 1. The minimum Gasteiger partial charge on any atom is -0.486 e. The Morgan fingerprint density at radius 1 is 1.20 bits per heavy atom. The summed E-state index contributed by atoms with van der Waals surface area (Å²) >= 11 is 1.59. The maximum absolute atomic E-state index is 8.73. The minimum atomic E-state index is 0.408. The van der Waals surface area contributed by atoms with Gasteiger partial charge in [-0.15, -0.1) is 11.3 Å². The molecule has 20 heavy (non-hydrogen) atoms. The van der Waals surface area contributed by atoms with Crippen LogP contribution in [0.5, 0.6) is 5.75 Å². The second-order valence-electron chi connectivity index (χ2n) is 4.26. The van der Waals surface area contributed by atoms with Gasteiger partial charge in [0.15, 0.2) is 0 Å². The average molecular weight is 281 g/mol. The van der Waals surface area contributed by atoms with Gasteiger partial charge < -0.3 is 10.5 Å². The Bertz CT molecular complexity index is 787. The van der Waals surface area contributed by atoms with Crippen molar-refractivity contribution in [1.82, 2.24) is 4.98 Å². The zero-order chi connectivity index (χ0) is 13.9. The summed E-state index contributed by atoms with van der Waals surface area (Å²) in [5.41, 5.74) is 7.96. The highest BCUT2D eigenvalue weighted by Crippen LogP contribution is 2.25. The number of nitrogens with two attached hydrogens (primary N) is 1. The highest BCUT2D eigenvalue weighted by molar-refractivity contribution is 7.18. The zero-order valence-electron chi connectivity index (χ0n) is 10.5. The molecule has 98 valence electrons. The lowest BCUT2D eigenvalue weighted by molar-refractivity contribution is 0.306. The Kier molecular flexibility index (Phi) is 3.23. The molecular formula is C15H11N3OS. The standard InChI is InChI=1S/C15H11N3OS/c16-8-10-1-4-12(5-2-10)19-9-15-18-13-7-11(17)3-6-14(13)20-15/h1-7H,9,17H2. The monoisotopic (exact) mass is 281 g/mol. The second kappa shape index (κ2) is 5.19. The minimum absolute atomic E-state index is 0.408. The van der Waals surface area contributed by atoms with Crippen LogP contribution in [-0.4, -0.2) is 4.98 Å². The third-order valence-corrected chi connectivity index (χ3v) is 3.81. The van der Waals surface area contributed by atoms with Crippen molar-refractivity contribution in [3.63, 3.8) is 0 Å². The molecule has 3 rings (SSSR count). The Labute approximate surface area is 120 Å². The number of benzene rings is 2. The Morgan fingerprint density at radius 3 is 2.75 bits per heavy atom. The topological polar surface area (TPSA) is 71.9 Å². The maximum atomic E-state index is 8.73. The molecule has 0 aliphatic carbocycles.